The van der Waals surface area contributed by atoms with Gasteiger partial charge < -0.3 is 15.0 Å². The topological polar surface area (TPSA) is 79.0 Å². The third kappa shape index (κ3) is 4.80. The Bertz CT molecular complexity index is 745. The van der Waals surface area contributed by atoms with Gasteiger partial charge in [-0.3, -0.25) is 4.79 Å². The monoisotopic (exact) mass is 397 g/mol. The lowest BCUT2D eigenvalue weighted by Gasteiger charge is -2.33. The molecule has 1 fully saturated rings. The molecule has 1 aliphatic heterocycles. The van der Waals surface area contributed by atoms with E-state index in [1.54, 1.807) is 24.8 Å². The molecule has 0 radical (unpaired) electrons. The van der Waals surface area contributed by atoms with Crippen molar-refractivity contribution in [2.45, 2.75) is 31.6 Å². The number of amides is 1. The Balaban J connectivity index is 2.36. The highest BCUT2D eigenvalue weighted by Crippen LogP contribution is 2.27. The van der Waals surface area contributed by atoms with Crippen molar-refractivity contribution >= 4 is 15.9 Å². The number of rotatable bonds is 8. The first-order valence-corrected chi connectivity index (χ1v) is 10.9. The molecule has 1 saturated heterocycles. The Morgan fingerprint density at radius 1 is 1.33 bits per heavy atom. The van der Waals surface area contributed by atoms with Gasteiger partial charge in [0.25, 0.3) is 5.91 Å². The van der Waals surface area contributed by atoms with Crippen LogP contribution in [-0.4, -0.2) is 70.4 Å². The maximum absolute atomic E-state index is 13.1. The van der Waals surface area contributed by atoms with Crippen molar-refractivity contribution in [1.82, 2.24) is 14.5 Å². The lowest BCUT2D eigenvalue weighted by atomic mass is 9.97. The van der Waals surface area contributed by atoms with Gasteiger partial charge in [-0.1, -0.05) is 13.8 Å². The molecular formula is C19H31N3O4S. The molecule has 7 nitrogen and oxygen atoms in total. The second kappa shape index (κ2) is 9.52. The summed E-state index contributed by atoms with van der Waals surface area (Å²) in [5, 5.41) is 3.17. The summed E-state index contributed by atoms with van der Waals surface area (Å²) in [6.07, 6.45) is 2.02. The Morgan fingerprint density at radius 2 is 2.04 bits per heavy atom. The zero-order chi connectivity index (χ0) is 20.0. The maximum atomic E-state index is 13.1. The highest BCUT2D eigenvalue weighted by molar-refractivity contribution is 7.89. The number of piperidine rings is 1. The fourth-order valence-corrected chi connectivity index (χ4v) is 5.09. The number of methoxy groups -OCH3 is 1. The van der Waals surface area contributed by atoms with Crippen molar-refractivity contribution < 1.29 is 17.9 Å². The third-order valence-corrected chi connectivity index (χ3v) is 7.09. The number of carbonyl (C=O) groups excluding carboxylic acids is 1. The van der Waals surface area contributed by atoms with E-state index in [1.807, 2.05) is 7.05 Å². The molecule has 0 aromatic heterocycles. The van der Waals surface area contributed by atoms with E-state index in [2.05, 4.69) is 5.32 Å². The number of sulfonamides is 1. The lowest BCUT2D eigenvalue weighted by Crippen LogP contribution is -2.42. The Labute approximate surface area is 162 Å². The van der Waals surface area contributed by atoms with Gasteiger partial charge in [-0.25, -0.2) is 8.42 Å². The minimum atomic E-state index is -3.64. The summed E-state index contributed by atoms with van der Waals surface area (Å²) in [6.45, 7) is 6.55. The maximum Gasteiger partial charge on any atom is 0.257 e. The molecule has 1 atom stereocenters. The molecule has 1 aliphatic rings. The highest BCUT2D eigenvalue weighted by Gasteiger charge is 2.28. The second-order valence-corrected chi connectivity index (χ2v) is 8.71. The van der Waals surface area contributed by atoms with Crippen molar-refractivity contribution in [2.75, 3.05) is 46.9 Å². The zero-order valence-electron chi connectivity index (χ0n) is 16.7. The number of nitrogens with zero attached hydrogens (tertiary/aromatic N) is 2. The molecule has 0 aliphatic carbocycles. The SMILES string of the molecule is CCN(CC)S(=O)(=O)c1ccc(OC)c(C(=O)N2CCCC(CNC)C2)c1. The van der Waals surface area contributed by atoms with E-state index in [-0.39, 0.29) is 10.8 Å². The van der Waals surface area contributed by atoms with Crippen molar-refractivity contribution in [1.29, 1.82) is 0 Å². The molecule has 0 saturated carbocycles. The van der Waals surface area contributed by atoms with E-state index in [0.29, 0.717) is 43.4 Å². The lowest BCUT2D eigenvalue weighted by molar-refractivity contribution is 0.0670. The van der Waals surface area contributed by atoms with Gasteiger partial charge in [0.2, 0.25) is 10.0 Å². The van der Waals surface area contributed by atoms with Crippen LogP contribution < -0.4 is 10.1 Å². The minimum absolute atomic E-state index is 0.124. The molecule has 0 bridgehead atoms. The summed E-state index contributed by atoms with van der Waals surface area (Å²) in [7, 11) is -0.236. The van der Waals surface area contributed by atoms with Gasteiger partial charge in [0.15, 0.2) is 0 Å². The van der Waals surface area contributed by atoms with E-state index in [9.17, 15) is 13.2 Å². The summed E-state index contributed by atoms with van der Waals surface area (Å²) in [5.74, 6) is 0.625. The molecular weight excluding hydrogens is 366 g/mol. The molecule has 8 heteroatoms. The number of benzene rings is 1. The molecule has 1 aromatic carbocycles. The van der Waals surface area contributed by atoms with Crippen molar-refractivity contribution in [2.24, 2.45) is 5.92 Å². The standard InChI is InChI=1S/C19H31N3O4S/c1-5-22(6-2)27(24,25)16-9-10-18(26-4)17(12-16)19(23)21-11-7-8-15(14-21)13-20-3/h9-10,12,15,20H,5-8,11,13-14H2,1-4H3. The summed E-state index contributed by atoms with van der Waals surface area (Å²) in [6, 6.07) is 4.53. The van der Waals surface area contributed by atoms with Crippen molar-refractivity contribution in [3.05, 3.63) is 23.8 Å². The number of ether oxygens (including phenoxy) is 1. The Morgan fingerprint density at radius 3 is 2.63 bits per heavy atom. The zero-order valence-corrected chi connectivity index (χ0v) is 17.5. The Kier molecular flexibility index (Phi) is 7.64. The van der Waals surface area contributed by atoms with Crippen LogP contribution in [0, 0.1) is 5.92 Å². The predicted octanol–water partition coefficient (Wildman–Crippen LogP) is 1.80. The van der Waals surface area contributed by atoms with Gasteiger partial charge in [-0.05, 0) is 50.6 Å². The van der Waals surface area contributed by atoms with E-state index in [0.717, 1.165) is 19.4 Å². The van der Waals surface area contributed by atoms with Crippen LogP contribution in [0.4, 0.5) is 0 Å². The van der Waals surface area contributed by atoms with E-state index < -0.39 is 10.0 Å². The summed E-state index contributed by atoms with van der Waals surface area (Å²) in [5.41, 5.74) is 0.302. The van der Waals surface area contributed by atoms with E-state index in [4.69, 9.17) is 4.74 Å². The summed E-state index contributed by atoms with van der Waals surface area (Å²) < 4.78 is 32.4. The smallest absolute Gasteiger partial charge is 0.257 e. The number of carbonyl (C=O) groups is 1. The molecule has 1 unspecified atom stereocenters. The second-order valence-electron chi connectivity index (χ2n) is 6.77. The molecule has 1 amide bonds. The number of likely N-dealkylation sites (tertiary alicyclic amines) is 1. The molecule has 27 heavy (non-hydrogen) atoms. The first-order chi connectivity index (χ1) is 12.9. The fourth-order valence-electron chi connectivity index (χ4n) is 3.60. The van der Waals surface area contributed by atoms with Crippen LogP contribution in [-0.2, 0) is 10.0 Å². The van der Waals surface area contributed by atoms with Crippen LogP contribution in [0.25, 0.3) is 0 Å². The fraction of sp³-hybridized carbons (Fsp3) is 0.632. The Hall–Kier alpha value is -1.64. The van der Waals surface area contributed by atoms with Gasteiger partial charge in [0.05, 0.1) is 17.6 Å². The van der Waals surface area contributed by atoms with Gasteiger partial charge in [0.1, 0.15) is 5.75 Å². The molecule has 1 N–H and O–H groups in total. The van der Waals surface area contributed by atoms with Gasteiger partial charge in [-0.15, -0.1) is 0 Å². The molecule has 1 aromatic rings. The van der Waals surface area contributed by atoms with E-state index in [1.165, 1.54) is 23.5 Å². The largest absolute Gasteiger partial charge is 0.496 e. The normalized spacial score (nSPS) is 18.0. The van der Waals surface area contributed by atoms with Crippen LogP contribution >= 0.6 is 0 Å². The van der Waals surface area contributed by atoms with Crippen molar-refractivity contribution in [3.8, 4) is 5.75 Å². The number of nitrogens with one attached hydrogen (secondary N) is 1. The molecule has 0 spiro atoms. The molecule has 152 valence electrons. The first-order valence-electron chi connectivity index (χ1n) is 9.51. The van der Waals surface area contributed by atoms with Crippen LogP contribution in [0.2, 0.25) is 0 Å². The first kappa shape index (κ1) is 21.7. The average Bonchev–Trinajstić information content (AvgIpc) is 2.68. The van der Waals surface area contributed by atoms with Gasteiger partial charge >= 0.3 is 0 Å². The van der Waals surface area contributed by atoms with Gasteiger partial charge in [-0.2, -0.15) is 4.31 Å². The van der Waals surface area contributed by atoms with Crippen LogP contribution in [0.3, 0.4) is 0 Å². The predicted molar refractivity (Wildman–Crippen MR) is 106 cm³/mol. The van der Waals surface area contributed by atoms with Crippen LogP contribution in [0.1, 0.15) is 37.0 Å². The number of hydrogen-bond donors (Lipinski definition) is 1. The summed E-state index contributed by atoms with van der Waals surface area (Å²) >= 11 is 0. The molecule has 1 heterocycles. The minimum Gasteiger partial charge on any atom is -0.496 e. The van der Waals surface area contributed by atoms with Gasteiger partial charge in [0, 0.05) is 26.2 Å². The van der Waals surface area contributed by atoms with Crippen LogP contribution in [0.5, 0.6) is 5.75 Å². The van der Waals surface area contributed by atoms with Crippen LogP contribution in [0.15, 0.2) is 23.1 Å². The highest BCUT2D eigenvalue weighted by atomic mass is 32.2. The molecule has 2 rings (SSSR count). The third-order valence-electron chi connectivity index (χ3n) is 5.04. The quantitative estimate of drug-likeness (QED) is 0.724. The van der Waals surface area contributed by atoms with E-state index >= 15 is 0 Å². The average molecular weight is 398 g/mol. The number of hydrogen-bond acceptors (Lipinski definition) is 5. The van der Waals surface area contributed by atoms with Crippen molar-refractivity contribution in [3.63, 3.8) is 0 Å². The summed E-state index contributed by atoms with van der Waals surface area (Å²) in [4.78, 5) is 15.1.